The molecule has 1 aromatic rings. The summed E-state index contributed by atoms with van der Waals surface area (Å²) in [7, 11) is 1.63. The summed E-state index contributed by atoms with van der Waals surface area (Å²) in [6.07, 6.45) is 2.33. The molecule has 0 aromatic heterocycles. The van der Waals surface area contributed by atoms with Gasteiger partial charge in [0.05, 0.1) is 13.2 Å². The number of methoxy groups -OCH3 is 1. The predicted molar refractivity (Wildman–Crippen MR) is 82.7 cm³/mol. The first-order valence-corrected chi connectivity index (χ1v) is 7.68. The van der Waals surface area contributed by atoms with Crippen LogP contribution in [0.1, 0.15) is 42.1 Å². The lowest BCUT2D eigenvalue weighted by atomic mass is 9.90. The highest BCUT2D eigenvalue weighted by atomic mass is 16.5. The molecular weight excluding hydrogens is 266 g/mol. The van der Waals surface area contributed by atoms with Gasteiger partial charge < -0.3 is 14.7 Å². The van der Waals surface area contributed by atoms with Crippen molar-refractivity contribution in [2.45, 2.75) is 39.2 Å². The zero-order valence-electron chi connectivity index (χ0n) is 13.1. The molecule has 1 amide bonds. The summed E-state index contributed by atoms with van der Waals surface area (Å²) < 4.78 is 5.23. The molecule has 1 heterocycles. The minimum atomic E-state index is -0.231. The Morgan fingerprint density at radius 3 is 2.62 bits per heavy atom. The third-order valence-corrected chi connectivity index (χ3v) is 4.43. The van der Waals surface area contributed by atoms with Gasteiger partial charge in [0.15, 0.2) is 0 Å². The Morgan fingerprint density at radius 2 is 2.10 bits per heavy atom. The molecule has 116 valence electrons. The zero-order chi connectivity index (χ0) is 15.4. The Hall–Kier alpha value is -1.55. The maximum Gasteiger partial charge on any atom is 0.253 e. The number of carbonyl (C=O) groups excluding carboxylic acids is 1. The molecule has 1 unspecified atom stereocenters. The second-order valence-corrected chi connectivity index (χ2v) is 5.79. The van der Waals surface area contributed by atoms with Gasteiger partial charge >= 0.3 is 0 Å². The Labute approximate surface area is 126 Å². The molecule has 1 atom stereocenters. The van der Waals surface area contributed by atoms with Gasteiger partial charge in [-0.05, 0) is 55.9 Å². The van der Waals surface area contributed by atoms with Crippen molar-refractivity contribution in [3.05, 3.63) is 29.3 Å². The number of amides is 1. The zero-order valence-corrected chi connectivity index (χ0v) is 13.1. The second kappa shape index (κ2) is 6.94. The van der Waals surface area contributed by atoms with Crippen molar-refractivity contribution in [1.29, 1.82) is 0 Å². The van der Waals surface area contributed by atoms with Gasteiger partial charge in [0.1, 0.15) is 5.75 Å². The van der Waals surface area contributed by atoms with Crippen molar-refractivity contribution >= 4 is 5.91 Å². The van der Waals surface area contributed by atoms with E-state index >= 15 is 0 Å². The molecular formula is C17H25NO3. The van der Waals surface area contributed by atoms with Crippen molar-refractivity contribution in [3.63, 3.8) is 0 Å². The lowest BCUT2D eigenvalue weighted by molar-refractivity contribution is 0.0453. The number of nitrogens with zero attached hydrogens (tertiary/aromatic N) is 1. The van der Waals surface area contributed by atoms with Crippen molar-refractivity contribution in [1.82, 2.24) is 4.90 Å². The van der Waals surface area contributed by atoms with Crippen LogP contribution in [-0.4, -0.2) is 42.2 Å². The molecule has 0 spiro atoms. The van der Waals surface area contributed by atoms with Crippen LogP contribution in [0, 0.1) is 12.8 Å². The normalized spacial score (nSPS) is 17.6. The standard InChI is InChI=1S/C17H25NO3/c1-4-15(19)13-7-9-18(10-8-13)17(20)14-5-6-16(21-3)12(2)11-14/h5-6,11,13,15,19H,4,7-10H2,1-3H3. The lowest BCUT2D eigenvalue weighted by Gasteiger charge is -2.34. The topological polar surface area (TPSA) is 49.8 Å². The molecule has 0 aliphatic carbocycles. The first-order valence-electron chi connectivity index (χ1n) is 7.68. The summed E-state index contributed by atoms with van der Waals surface area (Å²) in [5, 5.41) is 9.90. The summed E-state index contributed by atoms with van der Waals surface area (Å²) in [5.74, 6) is 1.21. The van der Waals surface area contributed by atoms with E-state index in [0.29, 0.717) is 11.5 Å². The van der Waals surface area contributed by atoms with E-state index in [1.165, 1.54) is 0 Å². The molecule has 0 bridgehead atoms. The number of rotatable bonds is 4. The van der Waals surface area contributed by atoms with E-state index in [1.54, 1.807) is 7.11 Å². The number of aliphatic hydroxyl groups excluding tert-OH is 1. The highest BCUT2D eigenvalue weighted by molar-refractivity contribution is 5.94. The lowest BCUT2D eigenvalue weighted by Crippen LogP contribution is -2.41. The van der Waals surface area contributed by atoms with E-state index in [2.05, 4.69) is 0 Å². The number of carbonyl (C=O) groups is 1. The fraction of sp³-hybridized carbons (Fsp3) is 0.588. The molecule has 1 aliphatic heterocycles. The number of benzene rings is 1. The van der Waals surface area contributed by atoms with Gasteiger partial charge in [0, 0.05) is 18.7 Å². The van der Waals surface area contributed by atoms with E-state index < -0.39 is 0 Å². The predicted octanol–water partition coefficient (Wildman–Crippen LogP) is 2.63. The smallest absolute Gasteiger partial charge is 0.253 e. The quantitative estimate of drug-likeness (QED) is 0.927. The molecule has 1 N–H and O–H groups in total. The van der Waals surface area contributed by atoms with Crippen molar-refractivity contribution in [2.75, 3.05) is 20.2 Å². The van der Waals surface area contributed by atoms with Crippen LogP contribution in [0.2, 0.25) is 0 Å². The maximum absolute atomic E-state index is 12.5. The first-order chi connectivity index (χ1) is 10.1. The summed E-state index contributed by atoms with van der Waals surface area (Å²) >= 11 is 0. The van der Waals surface area contributed by atoms with Crippen LogP contribution in [0.4, 0.5) is 0 Å². The van der Waals surface area contributed by atoms with E-state index in [4.69, 9.17) is 4.74 Å². The summed E-state index contributed by atoms with van der Waals surface area (Å²) in [4.78, 5) is 14.4. The molecule has 4 nitrogen and oxygen atoms in total. The van der Waals surface area contributed by atoms with Crippen LogP contribution in [0.25, 0.3) is 0 Å². The van der Waals surface area contributed by atoms with Crippen LogP contribution in [0.3, 0.4) is 0 Å². The second-order valence-electron chi connectivity index (χ2n) is 5.79. The van der Waals surface area contributed by atoms with Crippen molar-refractivity contribution < 1.29 is 14.6 Å². The fourth-order valence-corrected chi connectivity index (χ4v) is 3.01. The Bertz CT molecular complexity index is 493. The van der Waals surface area contributed by atoms with E-state index in [0.717, 1.165) is 43.7 Å². The Kier molecular flexibility index (Phi) is 5.23. The van der Waals surface area contributed by atoms with Crippen LogP contribution < -0.4 is 4.74 Å². The number of piperidine rings is 1. The van der Waals surface area contributed by atoms with E-state index in [1.807, 2.05) is 36.9 Å². The maximum atomic E-state index is 12.5. The molecule has 0 radical (unpaired) electrons. The monoisotopic (exact) mass is 291 g/mol. The molecule has 1 saturated heterocycles. The average Bonchev–Trinajstić information content (AvgIpc) is 2.53. The summed E-state index contributed by atoms with van der Waals surface area (Å²) in [5.41, 5.74) is 1.68. The molecule has 1 fully saturated rings. The molecule has 21 heavy (non-hydrogen) atoms. The minimum Gasteiger partial charge on any atom is -0.496 e. The third kappa shape index (κ3) is 3.56. The number of aryl methyl sites for hydroxylation is 1. The molecule has 1 aliphatic rings. The van der Waals surface area contributed by atoms with Crippen molar-refractivity contribution in [3.8, 4) is 5.75 Å². The van der Waals surface area contributed by atoms with Gasteiger partial charge in [-0.25, -0.2) is 0 Å². The summed E-state index contributed by atoms with van der Waals surface area (Å²) in [6.45, 7) is 5.40. The Morgan fingerprint density at radius 1 is 1.43 bits per heavy atom. The van der Waals surface area contributed by atoms with Crippen LogP contribution in [0.5, 0.6) is 5.75 Å². The SMILES string of the molecule is CCC(O)C1CCN(C(=O)c2ccc(OC)c(C)c2)CC1. The van der Waals surface area contributed by atoms with Gasteiger partial charge in [-0.3, -0.25) is 4.79 Å². The van der Waals surface area contributed by atoms with Crippen LogP contribution in [0.15, 0.2) is 18.2 Å². The fourth-order valence-electron chi connectivity index (χ4n) is 3.01. The van der Waals surface area contributed by atoms with Crippen molar-refractivity contribution in [2.24, 2.45) is 5.92 Å². The van der Waals surface area contributed by atoms with Crippen LogP contribution >= 0.6 is 0 Å². The highest BCUT2D eigenvalue weighted by Crippen LogP contribution is 2.25. The number of aliphatic hydroxyl groups is 1. The van der Waals surface area contributed by atoms with Gasteiger partial charge in [0.2, 0.25) is 0 Å². The minimum absolute atomic E-state index is 0.0743. The van der Waals surface area contributed by atoms with Gasteiger partial charge in [-0.15, -0.1) is 0 Å². The van der Waals surface area contributed by atoms with Gasteiger partial charge in [-0.2, -0.15) is 0 Å². The number of hydrogen-bond donors (Lipinski definition) is 1. The average molecular weight is 291 g/mol. The van der Waals surface area contributed by atoms with Crippen LogP contribution in [-0.2, 0) is 0 Å². The molecule has 1 aromatic carbocycles. The third-order valence-electron chi connectivity index (χ3n) is 4.43. The molecule has 0 saturated carbocycles. The van der Waals surface area contributed by atoms with Gasteiger partial charge in [0.25, 0.3) is 5.91 Å². The summed E-state index contributed by atoms with van der Waals surface area (Å²) in [6, 6.07) is 5.55. The molecule has 2 rings (SSSR count). The Balaban J connectivity index is 2.00. The number of ether oxygens (including phenoxy) is 1. The first kappa shape index (κ1) is 15.8. The van der Waals surface area contributed by atoms with Gasteiger partial charge in [-0.1, -0.05) is 6.92 Å². The van der Waals surface area contributed by atoms with E-state index in [9.17, 15) is 9.90 Å². The largest absolute Gasteiger partial charge is 0.496 e. The number of likely N-dealkylation sites (tertiary alicyclic amines) is 1. The highest BCUT2D eigenvalue weighted by Gasteiger charge is 2.27. The molecule has 4 heteroatoms. The van der Waals surface area contributed by atoms with E-state index in [-0.39, 0.29) is 12.0 Å². The number of hydrogen-bond acceptors (Lipinski definition) is 3.